The van der Waals surface area contributed by atoms with Crippen LogP contribution in [0.1, 0.15) is 90.9 Å². The van der Waals surface area contributed by atoms with Crippen molar-refractivity contribution in [1.29, 1.82) is 0 Å². The summed E-state index contributed by atoms with van der Waals surface area (Å²) >= 11 is 3.56. The predicted molar refractivity (Wildman–Crippen MR) is 142 cm³/mol. The second-order valence-electron chi connectivity index (χ2n) is 8.18. The Morgan fingerprint density at radius 1 is 0.844 bits per heavy atom. The van der Waals surface area contributed by atoms with E-state index in [1.807, 2.05) is 11.8 Å². The van der Waals surface area contributed by atoms with E-state index in [2.05, 4.69) is 18.8 Å². The lowest BCUT2D eigenvalue weighted by Crippen LogP contribution is -2.37. The number of benzene rings is 1. The average Bonchev–Trinajstić information content (AvgIpc) is 2.80. The van der Waals surface area contributed by atoms with Crippen LogP contribution < -0.4 is 4.84 Å². The number of amidine groups is 1. The highest BCUT2D eigenvalue weighted by molar-refractivity contribution is 8.13. The van der Waals surface area contributed by atoms with E-state index < -0.39 is 0 Å². The molecule has 1 atom stereocenters. The zero-order valence-corrected chi connectivity index (χ0v) is 21.5. The summed E-state index contributed by atoms with van der Waals surface area (Å²) in [4.78, 5) is 15.4. The van der Waals surface area contributed by atoms with Gasteiger partial charge in [0.25, 0.3) is 0 Å². The van der Waals surface area contributed by atoms with E-state index in [0.29, 0.717) is 5.75 Å². The van der Waals surface area contributed by atoms with Gasteiger partial charge in [-0.3, -0.25) is 0 Å². The quantitative estimate of drug-likeness (QED) is 0.230. The normalized spacial score (nSPS) is 15.8. The summed E-state index contributed by atoms with van der Waals surface area (Å²) in [6.07, 6.45) is 17.3. The lowest BCUT2D eigenvalue weighted by Gasteiger charge is -2.28. The third kappa shape index (κ3) is 11.5. The van der Waals surface area contributed by atoms with Crippen molar-refractivity contribution >= 4 is 35.0 Å². The van der Waals surface area contributed by atoms with Crippen LogP contribution in [-0.2, 0) is 0 Å². The van der Waals surface area contributed by atoms with Crippen molar-refractivity contribution in [3.63, 3.8) is 0 Å². The molecule has 0 aliphatic carbocycles. The second kappa shape index (κ2) is 17.2. The maximum absolute atomic E-state index is 9.51. The van der Waals surface area contributed by atoms with Gasteiger partial charge < -0.3 is 9.94 Å². The van der Waals surface area contributed by atoms with Gasteiger partial charge in [-0.2, -0.15) is 5.06 Å². The van der Waals surface area contributed by atoms with E-state index in [-0.39, 0.29) is 11.2 Å². The molecule has 1 aliphatic heterocycles. The molecule has 5 nitrogen and oxygen atoms in total. The first-order chi connectivity index (χ1) is 15.7. The first kappa shape index (κ1) is 26.9. The second-order valence-corrected chi connectivity index (χ2v) is 10.4. The van der Waals surface area contributed by atoms with Crippen molar-refractivity contribution < 1.29 is 9.94 Å². The molecule has 0 spiro atoms. The van der Waals surface area contributed by atoms with Gasteiger partial charge in [0.1, 0.15) is 12.1 Å². The Morgan fingerprint density at radius 2 is 1.44 bits per heavy atom. The van der Waals surface area contributed by atoms with Gasteiger partial charge in [0.15, 0.2) is 10.9 Å². The molecule has 1 aromatic carbocycles. The van der Waals surface area contributed by atoms with Crippen LogP contribution in [0, 0.1) is 0 Å². The van der Waals surface area contributed by atoms with Crippen LogP contribution in [0.5, 0.6) is 11.5 Å². The van der Waals surface area contributed by atoms with Crippen molar-refractivity contribution in [2.24, 2.45) is 9.98 Å². The van der Waals surface area contributed by atoms with E-state index in [1.165, 1.54) is 77.0 Å². The molecule has 180 valence electrons. The number of hydroxylamine groups is 2. The molecule has 1 aliphatic rings. The highest BCUT2D eigenvalue weighted by Gasteiger charge is 2.22. The Balaban J connectivity index is 1.81. The predicted octanol–water partition coefficient (Wildman–Crippen LogP) is 7.86. The minimum atomic E-state index is -0.135. The number of thioether (sulfide) groups is 2. The number of unbranched alkanes of at least 4 members (excludes halogenated alkanes) is 10. The Kier molecular flexibility index (Phi) is 14.4. The first-order valence-electron chi connectivity index (χ1n) is 12.3. The number of hydrogen-bond acceptors (Lipinski definition) is 7. The van der Waals surface area contributed by atoms with Gasteiger partial charge >= 0.3 is 0 Å². The Morgan fingerprint density at radius 3 is 2.09 bits per heavy atom. The highest BCUT2D eigenvalue weighted by Crippen LogP contribution is 2.26. The first-order valence-corrected chi connectivity index (χ1v) is 14.4. The monoisotopic (exact) mass is 479 g/mol. The number of phenols is 1. The lowest BCUT2D eigenvalue weighted by molar-refractivity contribution is 0.0152. The summed E-state index contributed by atoms with van der Waals surface area (Å²) in [6.45, 7) is 4.51. The SMILES string of the molecule is CCCCCCCCSC1=NC(SCCCCCCCC)N(Oc2ccc(O)cc2)C=N1. The zero-order valence-electron chi connectivity index (χ0n) is 19.9. The molecule has 1 aromatic rings. The van der Waals surface area contributed by atoms with Gasteiger partial charge in [-0.05, 0) is 42.9 Å². The van der Waals surface area contributed by atoms with Gasteiger partial charge in [-0.1, -0.05) is 89.8 Å². The number of nitrogens with zero attached hydrogens (tertiary/aromatic N) is 3. The van der Waals surface area contributed by atoms with Gasteiger partial charge in [0.05, 0.1) is 0 Å². The zero-order chi connectivity index (χ0) is 22.9. The molecule has 0 radical (unpaired) electrons. The number of hydrogen-bond donors (Lipinski definition) is 1. The van der Waals surface area contributed by atoms with Crippen molar-refractivity contribution in [3.05, 3.63) is 24.3 Å². The summed E-state index contributed by atoms with van der Waals surface area (Å²) < 4.78 is 0. The van der Waals surface area contributed by atoms with Crippen LogP contribution in [0.2, 0.25) is 0 Å². The highest BCUT2D eigenvalue weighted by atomic mass is 32.2. The molecule has 0 saturated carbocycles. The van der Waals surface area contributed by atoms with E-state index in [4.69, 9.17) is 9.83 Å². The minimum Gasteiger partial charge on any atom is -0.508 e. The van der Waals surface area contributed by atoms with Crippen LogP contribution >= 0.6 is 23.5 Å². The molecule has 0 amide bonds. The lowest BCUT2D eigenvalue weighted by atomic mass is 10.1. The van der Waals surface area contributed by atoms with Crippen LogP contribution in [0.3, 0.4) is 0 Å². The molecule has 0 bridgehead atoms. The standard InChI is InChI=1S/C25H41N3O2S2/c1-3-5-7-9-11-13-19-31-24-26-21-28(30-23-17-15-22(29)16-18-23)25(27-24)32-20-14-12-10-8-6-4-2/h15-18,21,25,29H,3-14,19-20H2,1-2H3. The minimum absolute atomic E-state index is 0.135. The van der Waals surface area contributed by atoms with Crippen LogP contribution in [0.4, 0.5) is 0 Å². The molecule has 32 heavy (non-hydrogen) atoms. The fraction of sp³-hybridized carbons (Fsp3) is 0.680. The van der Waals surface area contributed by atoms with Crippen LogP contribution in [0.25, 0.3) is 0 Å². The van der Waals surface area contributed by atoms with E-state index in [0.717, 1.165) is 16.7 Å². The molecule has 1 heterocycles. The summed E-state index contributed by atoms with van der Waals surface area (Å²) in [5.41, 5.74) is -0.135. The molecule has 0 fully saturated rings. The number of aliphatic imine (C=N–C) groups is 2. The number of rotatable bonds is 17. The smallest absolute Gasteiger partial charge is 0.206 e. The van der Waals surface area contributed by atoms with Gasteiger partial charge in [0.2, 0.25) is 5.50 Å². The van der Waals surface area contributed by atoms with Gasteiger partial charge in [-0.25, -0.2) is 9.98 Å². The Bertz CT molecular complexity index is 668. The van der Waals surface area contributed by atoms with Gasteiger partial charge in [0, 0.05) is 5.75 Å². The van der Waals surface area contributed by atoms with E-state index in [9.17, 15) is 5.11 Å². The molecular weight excluding hydrogens is 438 g/mol. The molecule has 1 N–H and O–H groups in total. The molecule has 2 rings (SSSR count). The van der Waals surface area contributed by atoms with Crippen molar-refractivity contribution in [2.45, 2.75) is 96.4 Å². The largest absolute Gasteiger partial charge is 0.508 e. The Labute approximate surface area is 203 Å². The molecule has 7 heteroatoms. The average molecular weight is 480 g/mol. The summed E-state index contributed by atoms with van der Waals surface area (Å²) in [7, 11) is 0. The third-order valence-electron chi connectivity index (χ3n) is 5.26. The number of aromatic hydroxyl groups is 1. The van der Waals surface area contributed by atoms with Crippen molar-refractivity contribution in [3.8, 4) is 11.5 Å². The topological polar surface area (TPSA) is 57.4 Å². The molecule has 1 unspecified atom stereocenters. The molecule has 0 saturated heterocycles. The fourth-order valence-electron chi connectivity index (χ4n) is 3.35. The van der Waals surface area contributed by atoms with Crippen molar-refractivity contribution in [1.82, 2.24) is 5.06 Å². The van der Waals surface area contributed by atoms with Crippen LogP contribution in [0.15, 0.2) is 34.3 Å². The number of phenolic OH excluding ortho intramolecular Hbond substituents is 1. The Hall–Kier alpha value is -1.34. The fourth-order valence-corrected chi connectivity index (χ4v) is 5.24. The van der Waals surface area contributed by atoms with E-state index >= 15 is 0 Å². The van der Waals surface area contributed by atoms with Crippen LogP contribution in [-0.4, -0.2) is 38.7 Å². The van der Waals surface area contributed by atoms with E-state index in [1.54, 1.807) is 47.4 Å². The van der Waals surface area contributed by atoms with Gasteiger partial charge in [-0.15, -0.1) is 11.8 Å². The third-order valence-corrected chi connectivity index (χ3v) is 7.36. The molecular formula is C25H41N3O2S2. The summed E-state index contributed by atoms with van der Waals surface area (Å²) in [6, 6.07) is 6.76. The maximum atomic E-state index is 9.51. The summed E-state index contributed by atoms with van der Waals surface area (Å²) in [5, 5.41) is 12.1. The summed E-state index contributed by atoms with van der Waals surface area (Å²) in [5.74, 6) is 3.01. The maximum Gasteiger partial charge on any atom is 0.206 e. The molecule has 0 aromatic heterocycles. The van der Waals surface area contributed by atoms with Crippen molar-refractivity contribution in [2.75, 3.05) is 11.5 Å².